The van der Waals surface area contributed by atoms with Crippen LogP contribution in [0, 0.1) is 0 Å². The molecule has 0 saturated heterocycles. The Morgan fingerprint density at radius 3 is 3.33 bits per heavy atom. The van der Waals surface area contributed by atoms with Crippen LogP contribution in [0.4, 0.5) is 0 Å². The van der Waals surface area contributed by atoms with Gasteiger partial charge in [-0.05, 0) is 0 Å². The molecule has 12 heavy (non-hydrogen) atoms. The van der Waals surface area contributed by atoms with E-state index in [-0.39, 0.29) is 0 Å². The lowest BCUT2D eigenvalue weighted by Gasteiger charge is -1.79. The van der Waals surface area contributed by atoms with Crippen LogP contribution in [-0.4, -0.2) is 6.29 Å². The number of aldehydes is 1. The molecule has 2 rings (SSSR count). The average molecular weight is 178 g/mol. The molecule has 1 N–H and O–H groups in total. The Bertz CT molecular complexity index is 444. The fraction of sp³-hybridized carbons (Fsp3) is 0. The summed E-state index contributed by atoms with van der Waals surface area (Å²) in [4.78, 5) is 14.7. The van der Waals surface area contributed by atoms with Crippen molar-refractivity contribution in [2.45, 2.75) is 0 Å². The Kier molecular flexibility index (Phi) is 1.75. The minimum Gasteiger partial charge on any atom is -0.365 e. The first-order valence-electron chi connectivity index (χ1n) is 3.43. The van der Waals surface area contributed by atoms with Gasteiger partial charge in [0, 0.05) is 24.0 Å². The zero-order valence-corrected chi connectivity index (χ0v) is 6.97. The Morgan fingerprint density at radius 1 is 1.58 bits per heavy atom. The van der Waals surface area contributed by atoms with Crippen LogP contribution in [-0.2, 0) is 0 Å². The van der Waals surface area contributed by atoms with Gasteiger partial charge in [0.05, 0.1) is 15.5 Å². The van der Waals surface area contributed by atoms with Crippen LogP contribution >= 0.6 is 11.3 Å². The van der Waals surface area contributed by atoms with Crippen LogP contribution in [0.1, 0.15) is 10.4 Å². The van der Waals surface area contributed by atoms with Crippen molar-refractivity contribution in [3.63, 3.8) is 0 Å². The fourth-order valence-electron chi connectivity index (χ4n) is 0.984. The molecule has 0 aliphatic carbocycles. The van der Waals surface area contributed by atoms with Crippen LogP contribution in [0.3, 0.4) is 0 Å². The number of thiophene rings is 1. The lowest BCUT2D eigenvalue weighted by molar-refractivity contribution is 0.112. The first-order chi connectivity index (χ1) is 5.92. The maximum absolute atomic E-state index is 10.5. The van der Waals surface area contributed by atoms with E-state index in [1.807, 2.05) is 6.20 Å². The molecule has 60 valence electrons. The normalized spacial score (nSPS) is 13.3. The molecule has 2 heterocycles. The highest BCUT2D eigenvalue weighted by Gasteiger charge is 1.99. The molecule has 0 bridgehead atoms. The number of carbonyl (C=O) groups is 1. The van der Waals surface area contributed by atoms with E-state index in [0.717, 1.165) is 16.2 Å². The molecule has 0 amide bonds. The smallest absolute Gasteiger partial charge is 0.153 e. The van der Waals surface area contributed by atoms with Crippen molar-refractivity contribution in [3.05, 3.63) is 33.2 Å². The minimum absolute atomic E-state index is 0.652. The first-order valence-corrected chi connectivity index (χ1v) is 4.31. The lowest BCUT2D eigenvalue weighted by Crippen LogP contribution is -2.22. The van der Waals surface area contributed by atoms with Gasteiger partial charge in [0.2, 0.25) is 0 Å². The molecule has 1 aliphatic heterocycles. The van der Waals surface area contributed by atoms with E-state index in [1.165, 1.54) is 11.3 Å². The van der Waals surface area contributed by atoms with Gasteiger partial charge in [-0.3, -0.25) is 9.79 Å². The van der Waals surface area contributed by atoms with Gasteiger partial charge >= 0.3 is 0 Å². The van der Waals surface area contributed by atoms with Crippen molar-refractivity contribution >= 4 is 23.8 Å². The van der Waals surface area contributed by atoms with Gasteiger partial charge in [0.1, 0.15) is 0 Å². The standard InChI is InChI=1S/C8H6N2OS/c11-4-6-5-12-7-3-9-1-2-10-8(6)7/h1-5,9H. The van der Waals surface area contributed by atoms with Gasteiger partial charge in [-0.25, -0.2) is 0 Å². The molecule has 0 fully saturated rings. The van der Waals surface area contributed by atoms with Crippen molar-refractivity contribution in [2.24, 2.45) is 4.99 Å². The summed E-state index contributed by atoms with van der Waals surface area (Å²) < 4.78 is 0.988. The topological polar surface area (TPSA) is 41.5 Å². The van der Waals surface area contributed by atoms with E-state index < -0.39 is 0 Å². The number of hydrogen-bond acceptors (Lipinski definition) is 4. The van der Waals surface area contributed by atoms with Gasteiger partial charge < -0.3 is 5.32 Å². The molecular weight excluding hydrogens is 172 g/mol. The maximum Gasteiger partial charge on any atom is 0.153 e. The summed E-state index contributed by atoms with van der Waals surface area (Å²) >= 11 is 1.51. The number of nitrogens with one attached hydrogen (secondary N) is 1. The van der Waals surface area contributed by atoms with E-state index in [9.17, 15) is 4.79 Å². The molecule has 0 radical (unpaired) electrons. The van der Waals surface area contributed by atoms with Crippen LogP contribution in [0.2, 0.25) is 0 Å². The number of rotatable bonds is 1. The molecule has 0 aromatic carbocycles. The second-order valence-electron chi connectivity index (χ2n) is 2.28. The molecule has 0 spiro atoms. The first kappa shape index (κ1) is 7.24. The van der Waals surface area contributed by atoms with Crippen molar-refractivity contribution < 1.29 is 4.79 Å². The summed E-state index contributed by atoms with van der Waals surface area (Å²) in [7, 11) is 0. The van der Waals surface area contributed by atoms with Crippen LogP contribution in [0.5, 0.6) is 0 Å². The molecule has 1 aromatic rings. The minimum atomic E-state index is 0.652. The maximum atomic E-state index is 10.5. The highest BCUT2D eigenvalue weighted by Crippen LogP contribution is 1.91. The molecule has 1 aromatic heterocycles. The summed E-state index contributed by atoms with van der Waals surface area (Å²) in [5.41, 5.74) is 0.652. The molecule has 4 heteroatoms. The zero-order chi connectivity index (χ0) is 8.39. The largest absolute Gasteiger partial charge is 0.365 e. The average Bonchev–Trinajstić information content (AvgIpc) is 2.33. The molecular formula is C8H6N2OS. The third kappa shape index (κ3) is 1.06. The van der Waals surface area contributed by atoms with E-state index in [4.69, 9.17) is 0 Å². The van der Waals surface area contributed by atoms with E-state index >= 15 is 0 Å². The summed E-state index contributed by atoms with van der Waals surface area (Å²) in [6.07, 6.45) is 6.02. The van der Waals surface area contributed by atoms with Crippen LogP contribution in [0.25, 0.3) is 6.20 Å². The molecule has 0 atom stereocenters. The van der Waals surface area contributed by atoms with Crippen molar-refractivity contribution in [1.82, 2.24) is 5.32 Å². The Morgan fingerprint density at radius 2 is 2.50 bits per heavy atom. The monoisotopic (exact) mass is 178 g/mol. The van der Waals surface area contributed by atoms with Gasteiger partial charge in [-0.2, -0.15) is 0 Å². The van der Waals surface area contributed by atoms with Crippen LogP contribution in [0.15, 0.2) is 22.8 Å². The van der Waals surface area contributed by atoms with Gasteiger partial charge in [-0.15, -0.1) is 11.3 Å². The zero-order valence-electron chi connectivity index (χ0n) is 6.15. The molecule has 1 aliphatic rings. The van der Waals surface area contributed by atoms with Gasteiger partial charge in [-0.1, -0.05) is 0 Å². The second kappa shape index (κ2) is 2.91. The molecule has 0 saturated carbocycles. The number of fused-ring (bicyclic) bond motifs is 1. The Balaban J connectivity index is 2.82. The van der Waals surface area contributed by atoms with E-state index in [0.29, 0.717) is 5.56 Å². The van der Waals surface area contributed by atoms with E-state index in [2.05, 4.69) is 10.3 Å². The second-order valence-corrected chi connectivity index (χ2v) is 3.19. The highest BCUT2D eigenvalue weighted by atomic mass is 32.1. The number of nitrogens with zero attached hydrogens (tertiary/aromatic N) is 1. The van der Waals surface area contributed by atoms with Gasteiger partial charge in [0.25, 0.3) is 0 Å². The third-order valence-corrected chi connectivity index (χ3v) is 2.47. The van der Waals surface area contributed by atoms with E-state index in [1.54, 1.807) is 17.8 Å². The molecule has 3 nitrogen and oxygen atoms in total. The fourth-order valence-corrected chi connectivity index (χ4v) is 1.82. The summed E-state index contributed by atoms with van der Waals surface area (Å²) in [6.45, 7) is 0. The molecule has 0 unspecified atom stereocenters. The van der Waals surface area contributed by atoms with Crippen molar-refractivity contribution in [3.8, 4) is 0 Å². The Hall–Kier alpha value is -1.42. The van der Waals surface area contributed by atoms with Crippen molar-refractivity contribution in [1.29, 1.82) is 0 Å². The third-order valence-electron chi connectivity index (χ3n) is 1.54. The SMILES string of the molecule is O=Cc1csc2c1=NC=CNC=2. The quantitative estimate of drug-likeness (QED) is 0.615. The lowest BCUT2D eigenvalue weighted by atomic mass is 10.3. The number of hydrogen-bond donors (Lipinski definition) is 1. The highest BCUT2D eigenvalue weighted by molar-refractivity contribution is 7.08. The van der Waals surface area contributed by atoms with Crippen molar-refractivity contribution in [2.75, 3.05) is 0 Å². The predicted molar refractivity (Wildman–Crippen MR) is 47.2 cm³/mol. The predicted octanol–water partition coefficient (Wildman–Crippen LogP) is -0.00740. The summed E-state index contributed by atoms with van der Waals surface area (Å²) in [5.74, 6) is 0. The van der Waals surface area contributed by atoms with Gasteiger partial charge in [0.15, 0.2) is 6.29 Å². The summed E-state index contributed by atoms with van der Waals surface area (Å²) in [5, 5.41) is 5.50. The summed E-state index contributed by atoms with van der Waals surface area (Å²) in [6, 6.07) is 0. The van der Waals surface area contributed by atoms with Crippen LogP contribution < -0.4 is 15.2 Å². The Labute approximate surface area is 72.8 Å². The number of carbonyl (C=O) groups excluding carboxylic acids is 1.